The molecule has 0 amide bonds. The third-order valence-electron chi connectivity index (χ3n) is 4.17. The summed E-state index contributed by atoms with van der Waals surface area (Å²) in [6, 6.07) is 23.5. The monoisotopic (exact) mass is 442 g/mol. The average molecular weight is 443 g/mol. The number of thioether (sulfide) groups is 1. The Morgan fingerprint density at radius 3 is 1.81 bits per heavy atom. The number of ketones is 1. The molecule has 0 saturated heterocycles. The molecule has 0 N–H and O–H groups in total. The molecule has 0 aliphatic heterocycles. The molecule has 0 aromatic heterocycles. The van der Waals surface area contributed by atoms with E-state index in [1.165, 1.54) is 11.1 Å². The summed E-state index contributed by atoms with van der Waals surface area (Å²) in [5.74, 6) is -0.474. The van der Waals surface area contributed by atoms with E-state index in [0.717, 1.165) is 30.0 Å². The molecule has 2 nitrogen and oxygen atoms in total. The van der Waals surface area contributed by atoms with Crippen LogP contribution in [-0.2, 0) is 11.0 Å². The fourth-order valence-corrected chi connectivity index (χ4v) is 3.25. The van der Waals surface area contributed by atoms with E-state index in [2.05, 4.69) is 36.4 Å². The molecule has 160 valence electrons. The first-order chi connectivity index (χ1) is 14.8. The van der Waals surface area contributed by atoms with Crippen LogP contribution in [0.5, 0.6) is 0 Å². The third kappa shape index (κ3) is 7.90. The minimum absolute atomic E-state index is 0.151. The normalized spacial score (nSPS) is 11.0. The van der Waals surface area contributed by atoms with Gasteiger partial charge in [-0.05, 0) is 35.6 Å². The van der Waals surface area contributed by atoms with E-state index in [-0.39, 0.29) is 16.9 Å². The maximum Gasteiger partial charge on any atom is 0.416 e. The number of hydrogen-bond donors (Lipinski definition) is 0. The predicted octanol–water partition coefficient (Wildman–Crippen LogP) is 7.06. The second kappa shape index (κ2) is 11.9. The van der Waals surface area contributed by atoms with Gasteiger partial charge < -0.3 is 4.79 Å². The minimum atomic E-state index is -4.43. The lowest BCUT2D eigenvalue weighted by Crippen LogP contribution is -2.08. The molecule has 3 aromatic carbocycles. The molecule has 0 saturated carbocycles. The van der Waals surface area contributed by atoms with Crippen molar-refractivity contribution in [2.75, 3.05) is 6.26 Å². The number of hydrogen-bond acceptors (Lipinski definition) is 3. The molecule has 0 fully saturated rings. The molecule has 31 heavy (non-hydrogen) atoms. The van der Waals surface area contributed by atoms with Crippen molar-refractivity contribution < 1.29 is 22.8 Å². The summed E-state index contributed by atoms with van der Waals surface area (Å²) in [7, 11) is 0. The lowest BCUT2D eigenvalue weighted by atomic mass is 10.1. The Balaban J connectivity index is 0.000000224. The number of benzene rings is 3. The Kier molecular flexibility index (Phi) is 9.28. The van der Waals surface area contributed by atoms with Gasteiger partial charge in [-0.3, -0.25) is 4.79 Å². The van der Waals surface area contributed by atoms with Crippen molar-refractivity contribution in [1.29, 1.82) is 0 Å². The van der Waals surface area contributed by atoms with Crippen LogP contribution >= 0.6 is 11.8 Å². The van der Waals surface area contributed by atoms with Gasteiger partial charge in [0.05, 0.1) is 12.0 Å². The Bertz CT molecular complexity index is 972. The first-order valence-electron chi connectivity index (χ1n) is 9.35. The van der Waals surface area contributed by atoms with Gasteiger partial charge >= 0.3 is 6.18 Å². The Labute approximate surface area is 183 Å². The van der Waals surface area contributed by atoms with E-state index in [4.69, 9.17) is 0 Å². The van der Waals surface area contributed by atoms with Gasteiger partial charge in [0, 0.05) is 10.5 Å². The highest BCUT2D eigenvalue weighted by atomic mass is 32.2. The zero-order chi connectivity index (χ0) is 22.7. The van der Waals surface area contributed by atoms with Crippen LogP contribution in [0, 0.1) is 0 Å². The van der Waals surface area contributed by atoms with Crippen molar-refractivity contribution in [3.05, 3.63) is 101 Å². The zero-order valence-electron chi connectivity index (χ0n) is 16.8. The third-order valence-corrected chi connectivity index (χ3v) is 4.94. The Morgan fingerprint density at radius 2 is 1.39 bits per heavy atom. The van der Waals surface area contributed by atoms with Crippen LogP contribution < -0.4 is 0 Å². The van der Waals surface area contributed by atoms with Crippen molar-refractivity contribution in [2.24, 2.45) is 0 Å². The highest BCUT2D eigenvalue weighted by Gasteiger charge is 2.31. The van der Waals surface area contributed by atoms with Crippen LogP contribution in [0.15, 0.2) is 83.8 Å². The smallest absolute Gasteiger partial charge is 0.303 e. The molecule has 0 bridgehead atoms. The first kappa shape index (κ1) is 24.2. The van der Waals surface area contributed by atoms with E-state index in [1.54, 1.807) is 6.26 Å². The quantitative estimate of drug-likeness (QED) is 0.135. The molecule has 3 rings (SSSR count). The van der Waals surface area contributed by atoms with Crippen LogP contribution in [0.4, 0.5) is 13.2 Å². The standard InChI is InChI=1S/C14H12.C11H9F3O2S/c1-3-7-13(8-4-1)11-12-14-9-5-2-6-10-14;1-17-10-6-7(11(12,13)14)2-3-8(10)9(16)4-5-15/h1-12H;2-3,5-6H,4H2,1H3. The molecule has 0 heterocycles. The van der Waals surface area contributed by atoms with Gasteiger partial charge in [0.2, 0.25) is 0 Å². The SMILES string of the molecule is C(=Cc1ccccc1)c1ccccc1.CSc1cc(C(F)(F)F)ccc1C(=O)CC=O. The van der Waals surface area contributed by atoms with Crippen molar-refractivity contribution >= 4 is 36.0 Å². The van der Waals surface area contributed by atoms with Gasteiger partial charge in [0.25, 0.3) is 0 Å². The van der Waals surface area contributed by atoms with Gasteiger partial charge in [-0.2, -0.15) is 13.2 Å². The summed E-state index contributed by atoms with van der Waals surface area (Å²) in [6.07, 6.45) is 1.50. The van der Waals surface area contributed by atoms with Crippen molar-refractivity contribution in [3.63, 3.8) is 0 Å². The molecular formula is C25H21F3O2S. The molecule has 6 heteroatoms. The van der Waals surface area contributed by atoms with Crippen LogP contribution in [0.1, 0.15) is 33.5 Å². The van der Waals surface area contributed by atoms with Crippen LogP contribution in [0.25, 0.3) is 12.2 Å². The molecule has 3 aromatic rings. The highest BCUT2D eigenvalue weighted by Crippen LogP contribution is 2.33. The predicted molar refractivity (Wildman–Crippen MR) is 120 cm³/mol. The lowest BCUT2D eigenvalue weighted by molar-refractivity contribution is -0.137. The fourth-order valence-electron chi connectivity index (χ4n) is 2.60. The van der Waals surface area contributed by atoms with Crippen molar-refractivity contribution in [3.8, 4) is 0 Å². The number of Topliss-reactive ketones (excluding diaryl/α,β-unsaturated/α-hetero) is 1. The molecule has 0 radical (unpaired) electrons. The zero-order valence-corrected chi connectivity index (χ0v) is 17.6. The maximum atomic E-state index is 12.4. The van der Waals surface area contributed by atoms with Crippen LogP contribution in [-0.4, -0.2) is 18.3 Å². The molecule has 0 aliphatic carbocycles. The number of carbonyl (C=O) groups is 2. The molecule has 0 aliphatic rings. The Hall–Kier alpha value is -3.12. The van der Waals surface area contributed by atoms with Gasteiger partial charge in [-0.25, -0.2) is 0 Å². The van der Waals surface area contributed by atoms with E-state index in [0.29, 0.717) is 6.29 Å². The summed E-state index contributed by atoms with van der Waals surface area (Å²) >= 11 is 1.04. The maximum absolute atomic E-state index is 12.4. The summed E-state index contributed by atoms with van der Waals surface area (Å²) in [5.41, 5.74) is 1.81. The van der Waals surface area contributed by atoms with Gasteiger partial charge in [0.15, 0.2) is 5.78 Å². The molecule has 0 atom stereocenters. The molecular weight excluding hydrogens is 421 g/mol. The van der Waals surface area contributed by atoms with Gasteiger partial charge in [-0.1, -0.05) is 72.8 Å². The lowest BCUT2D eigenvalue weighted by Gasteiger charge is -2.10. The number of aldehydes is 1. The van der Waals surface area contributed by atoms with Gasteiger partial charge in [0.1, 0.15) is 6.29 Å². The summed E-state index contributed by atoms with van der Waals surface area (Å²) in [5, 5.41) is 0. The van der Waals surface area contributed by atoms with E-state index < -0.39 is 17.5 Å². The van der Waals surface area contributed by atoms with E-state index in [9.17, 15) is 22.8 Å². The first-order valence-corrected chi connectivity index (χ1v) is 10.6. The fraction of sp³-hybridized carbons (Fsp3) is 0.120. The highest BCUT2D eigenvalue weighted by molar-refractivity contribution is 7.98. The second-order valence-electron chi connectivity index (χ2n) is 6.36. The summed E-state index contributed by atoms with van der Waals surface area (Å²) in [6.45, 7) is 0. The summed E-state index contributed by atoms with van der Waals surface area (Å²) in [4.78, 5) is 21.9. The topological polar surface area (TPSA) is 34.1 Å². The number of alkyl halides is 3. The number of halogens is 3. The summed E-state index contributed by atoms with van der Waals surface area (Å²) < 4.78 is 37.3. The van der Waals surface area contributed by atoms with Crippen LogP contribution in [0.2, 0.25) is 0 Å². The van der Waals surface area contributed by atoms with Crippen molar-refractivity contribution in [1.82, 2.24) is 0 Å². The van der Waals surface area contributed by atoms with Crippen LogP contribution in [0.3, 0.4) is 0 Å². The number of carbonyl (C=O) groups excluding carboxylic acids is 2. The largest absolute Gasteiger partial charge is 0.416 e. The van der Waals surface area contributed by atoms with E-state index in [1.807, 2.05) is 36.4 Å². The average Bonchev–Trinajstić information content (AvgIpc) is 2.78. The van der Waals surface area contributed by atoms with Gasteiger partial charge in [-0.15, -0.1) is 11.8 Å². The minimum Gasteiger partial charge on any atom is -0.303 e. The van der Waals surface area contributed by atoms with Crippen molar-refractivity contribution in [2.45, 2.75) is 17.5 Å². The Morgan fingerprint density at radius 1 is 0.871 bits per heavy atom. The molecule has 0 spiro atoms. The second-order valence-corrected chi connectivity index (χ2v) is 7.21. The number of rotatable bonds is 6. The molecule has 0 unspecified atom stereocenters. The van der Waals surface area contributed by atoms with E-state index >= 15 is 0 Å².